The van der Waals surface area contributed by atoms with Crippen LogP contribution in [0.5, 0.6) is 0 Å². The molecule has 0 radical (unpaired) electrons. The lowest BCUT2D eigenvalue weighted by molar-refractivity contribution is 0.173. The van der Waals surface area contributed by atoms with E-state index in [9.17, 15) is 4.79 Å². The fourth-order valence-electron chi connectivity index (χ4n) is 0.831. The lowest BCUT2D eigenvalue weighted by atomic mass is 10.3. The van der Waals surface area contributed by atoms with Crippen molar-refractivity contribution in [1.29, 1.82) is 0 Å². The molecular weight excluding hydrogens is 328 g/mol. The Morgan fingerprint density at radius 3 is 2.60 bits per heavy atom. The molecule has 0 heterocycles. The molecule has 1 aromatic rings. The second kappa shape index (κ2) is 5.97. The molecule has 5 heteroatoms. The molecule has 0 spiro atoms. The molecule has 3 nitrogen and oxygen atoms in total. The zero-order chi connectivity index (χ0) is 11.3. The largest absolute Gasteiger partial charge is 0.444 e. The monoisotopic (exact) mass is 337 g/mol. The Hall–Kier alpha value is -0.750. The standard InChI is InChI=1S/C10H9ClINO2/c1-7(11)6-15-10(14)13-9-4-2-8(12)3-5-9/h2-5H,1,6H2,(H,13,14). The predicted molar refractivity (Wildman–Crippen MR) is 69.1 cm³/mol. The average Bonchev–Trinajstić information content (AvgIpc) is 2.19. The number of ether oxygens (including phenoxy) is 1. The first-order valence-corrected chi connectivity index (χ1v) is 5.56. The number of rotatable bonds is 3. The highest BCUT2D eigenvalue weighted by Crippen LogP contribution is 2.11. The fraction of sp³-hybridized carbons (Fsp3) is 0.100. The minimum absolute atomic E-state index is 0.0117. The number of hydrogen-bond acceptors (Lipinski definition) is 2. The van der Waals surface area contributed by atoms with E-state index >= 15 is 0 Å². The summed E-state index contributed by atoms with van der Waals surface area (Å²) in [7, 11) is 0. The molecule has 0 saturated heterocycles. The molecule has 0 aliphatic heterocycles. The van der Waals surface area contributed by atoms with Crippen molar-refractivity contribution in [3.8, 4) is 0 Å². The predicted octanol–water partition coefficient (Wildman–Crippen LogP) is 3.59. The molecule has 0 saturated carbocycles. The van der Waals surface area contributed by atoms with Crippen molar-refractivity contribution in [2.45, 2.75) is 0 Å². The Bertz CT molecular complexity index is 364. The normalized spacial score (nSPS) is 9.47. The fourth-order valence-corrected chi connectivity index (χ4v) is 1.25. The molecule has 0 unspecified atom stereocenters. The Balaban J connectivity index is 2.44. The smallest absolute Gasteiger partial charge is 0.411 e. The summed E-state index contributed by atoms with van der Waals surface area (Å²) in [6.45, 7) is 3.42. The van der Waals surface area contributed by atoms with Gasteiger partial charge in [0, 0.05) is 14.3 Å². The van der Waals surface area contributed by atoms with Crippen molar-refractivity contribution in [3.05, 3.63) is 39.4 Å². The van der Waals surface area contributed by atoms with Crippen LogP contribution in [-0.4, -0.2) is 12.7 Å². The van der Waals surface area contributed by atoms with Crippen LogP contribution in [0.1, 0.15) is 0 Å². The number of carbonyl (C=O) groups excluding carboxylic acids is 1. The highest BCUT2D eigenvalue weighted by molar-refractivity contribution is 14.1. The number of carbonyl (C=O) groups is 1. The van der Waals surface area contributed by atoms with E-state index in [0.717, 1.165) is 3.57 Å². The van der Waals surface area contributed by atoms with Crippen molar-refractivity contribution >= 4 is 46.0 Å². The van der Waals surface area contributed by atoms with Gasteiger partial charge in [0.05, 0.1) is 0 Å². The lowest BCUT2D eigenvalue weighted by Gasteiger charge is -2.05. The number of benzene rings is 1. The Morgan fingerprint density at radius 1 is 1.47 bits per heavy atom. The van der Waals surface area contributed by atoms with Crippen LogP contribution in [0, 0.1) is 3.57 Å². The molecule has 80 valence electrons. The number of nitrogens with one attached hydrogen (secondary N) is 1. The van der Waals surface area contributed by atoms with Crippen LogP contribution in [0.25, 0.3) is 0 Å². The first-order chi connectivity index (χ1) is 7.08. The van der Waals surface area contributed by atoms with Gasteiger partial charge in [0.2, 0.25) is 0 Å². The van der Waals surface area contributed by atoms with E-state index in [1.165, 1.54) is 0 Å². The molecule has 0 aromatic heterocycles. The second-order valence-corrected chi connectivity index (χ2v) is 4.51. The minimum atomic E-state index is -0.544. The van der Waals surface area contributed by atoms with Gasteiger partial charge in [-0.15, -0.1) is 0 Å². The Labute approximate surface area is 107 Å². The lowest BCUT2D eigenvalue weighted by Crippen LogP contribution is -2.14. The summed E-state index contributed by atoms with van der Waals surface area (Å²) < 4.78 is 5.85. The van der Waals surface area contributed by atoms with Crippen LogP contribution in [-0.2, 0) is 4.74 Å². The zero-order valence-electron chi connectivity index (χ0n) is 7.80. The van der Waals surface area contributed by atoms with Gasteiger partial charge in [-0.25, -0.2) is 4.79 Å². The highest BCUT2D eigenvalue weighted by atomic mass is 127. The van der Waals surface area contributed by atoms with Crippen LogP contribution < -0.4 is 5.32 Å². The molecule has 0 atom stereocenters. The van der Waals surface area contributed by atoms with E-state index in [1.807, 2.05) is 12.1 Å². The average molecular weight is 338 g/mol. The SMILES string of the molecule is C=C(Cl)COC(=O)Nc1ccc(I)cc1. The van der Waals surface area contributed by atoms with Crippen LogP contribution in [0.2, 0.25) is 0 Å². The first kappa shape index (κ1) is 12.3. The van der Waals surface area contributed by atoms with Gasteiger partial charge in [-0.3, -0.25) is 5.32 Å². The molecule has 1 aromatic carbocycles. The van der Waals surface area contributed by atoms with Crippen molar-refractivity contribution in [3.63, 3.8) is 0 Å². The molecule has 0 fully saturated rings. The summed E-state index contributed by atoms with van der Waals surface area (Å²) in [6.07, 6.45) is -0.544. The second-order valence-electron chi connectivity index (χ2n) is 2.73. The van der Waals surface area contributed by atoms with Crippen LogP contribution in [0.4, 0.5) is 10.5 Å². The summed E-state index contributed by atoms with van der Waals surface area (Å²) in [5, 5.41) is 2.85. The molecule has 1 rings (SSSR count). The molecule has 0 bridgehead atoms. The van der Waals surface area contributed by atoms with Gasteiger partial charge < -0.3 is 4.74 Å². The zero-order valence-corrected chi connectivity index (χ0v) is 10.7. The van der Waals surface area contributed by atoms with Gasteiger partial charge in [-0.05, 0) is 46.9 Å². The maximum Gasteiger partial charge on any atom is 0.411 e. The van der Waals surface area contributed by atoms with Crippen LogP contribution >= 0.6 is 34.2 Å². The Kier molecular flexibility index (Phi) is 4.90. The summed E-state index contributed by atoms with van der Waals surface area (Å²) in [5.41, 5.74) is 0.681. The molecule has 0 aliphatic carbocycles. The first-order valence-electron chi connectivity index (χ1n) is 4.10. The van der Waals surface area contributed by atoms with Gasteiger partial charge in [-0.2, -0.15) is 0 Å². The van der Waals surface area contributed by atoms with Gasteiger partial charge in [0.15, 0.2) is 0 Å². The molecule has 0 aliphatic rings. The maximum absolute atomic E-state index is 11.2. The topological polar surface area (TPSA) is 38.3 Å². The molecular formula is C10H9ClINO2. The quantitative estimate of drug-likeness (QED) is 0.856. The van der Waals surface area contributed by atoms with E-state index < -0.39 is 6.09 Å². The number of halogens is 2. The minimum Gasteiger partial charge on any atom is -0.444 e. The number of hydrogen-bond donors (Lipinski definition) is 1. The molecule has 1 amide bonds. The van der Waals surface area contributed by atoms with E-state index in [2.05, 4.69) is 34.5 Å². The molecule has 1 N–H and O–H groups in total. The maximum atomic E-state index is 11.2. The Morgan fingerprint density at radius 2 is 2.07 bits per heavy atom. The third kappa shape index (κ3) is 5.03. The summed E-state index contributed by atoms with van der Waals surface area (Å²) in [4.78, 5) is 11.2. The van der Waals surface area contributed by atoms with Crippen LogP contribution in [0.15, 0.2) is 35.9 Å². The van der Waals surface area contributed by atoms with Crippen molar-refractivity contribution < 1.29 is 9.53 Å². The summed E-state index contributed by atoms with van der Waals surface area (Å²) >= 11 is 7.63. The highest BCUT2D eigenvalue weighted by Gasteiger charge is 2.02. The van der Waals surface area contributed by atoms with Crippen LogP contribution in [0.3, 0.4) is 0 Å². The van der Waals surface area contributed by atoms with E-state index in [4.69, 9.17) is 16.3 Å². The van der Waals surface area contributed by atoms with Gasteiger partial charge in [-0.1, -0.05) is 18.2 Å². The van der Waals surface area contributed by atoms with E-state index in [1.54, 1.807) is 12.1 Å². The number of anilines is 1. The summed E-state index contributed by atoms with van der Waals surface area (Å²) in [5.74, 6) is 0. The van der Waals surface area contributed by atoms with Crippen molar-refractivity contribution in [1.82, 2.24) is 0 Å². The third-order valence-electron chi connectivity index (χ3n) is 1.45. The van der Waals surface area contributed by atoms with Gasteiger partial charge in [0.25, 0.3) is 0 Å². The summed E-state index contributed by atoms with van der Waals surface area (Å²) in [6, 6.07) is 7.35. The van der Waals surface area contributed by atoms with Crippen molar-refractivity contribution in [2.75, 3.05) is 11.9 Å². The van der Waals surface area contributed by atoms with Gasteiger partial charge in [0.1, 0.15) is 6.61 Å². The number of amides is 1. The molecule has 15 heavy (non-hydrogen) atoms. The van der Waals surface area contributed by atoms with E-state index in [-0.39, 0.29) is 11.6 Å². The van der Waals surface area contributed by atoms with Crippen molar-refractivity contribution in [2.24, 2.45) is 0 Å². The van der Waals surface area contributed by atoms with Gasteiger partial charge >= 0.3 is 6.09 Å². The third-order valence-corrected chi connectivity index (χ3v) is 2.28. The van der Waals surface area contributed by atoms with E-state index in [0.29, 0.717) is 5.69 Å².